The Bertz CT molecular complexity index is 961. The summed E-state index contributed by atoms with van der Waals surface area (Å²) in [6.07, 6.45) is 1.83. The van der Waals surface area contributed by atoms with Crippen LogP contribution in [-0.2, 0) is 0 Å². The number of likely N-dealkylation sites (N-methyl/N-ethyl adjacent to an activating group) is 1. The molecule has 3 aromatic rings. The van der Waals surface area contributed by atoms with Gasteiger partial charge in [-0.3, -0.25) is 9.36 Å². The van der Waals surface area contributed by atoms with Crippen molar-refractivity contribution in [3.8, 4) is 10.9 Å². The van der Waals surface area contributed by atoms with Crippen LogP contribution < -0.4 is 15.0 Å². The number of hydrogen-bond acceptors (Lipinski definition) is 7. The summed E-state index contributed by atoms with van der Waals surface area (Å²) in [7, 11) is 3.72. The standard InChI is InChI=1S/C19H22N6O2S/c1-23-9-11-24(12-10-23)18-21-22-19(28-18)25-8-4-7-16(25)17(26)20-14-5-3-6-15(13-14)27-2/h3-8,13H,9-12H2,1-2H3,(H,20,26). The quantitative estimate of drug-likeness (QED) is 0.711. The summed E-state index contributed by atoms with van der Waals surface area (Å²) in [4.78, 5) is 17.3. The molecular formula is C19H22N6O2S. The summed E-state index contributed by atoms with van der Waals surface area (Å²) in [5, 5.41) is 13.1. The number of nitrogens with one attached hydrogen (secondary N) is 1. The van der Waals surface area contributed by atoms with Gasteiger partial charge in [-0.25, -0.2) is 0 Å². The number of ether oxygens (including phenoxy) is 1. The van der Waals surface area contributed by atoms with Crippen molar-refractivity contribution in [2.75, 3.05) is 50.6 Å². The predicted molar refractivity (Wildman–Crippen MR) is 110 cm³/mol. The largest absolute Gasteiger partial charge is 0.497 e. The van der Waals surface area contributed by atoms with E-state index in [1.54, 1.807) is 23.8 Å². The lowest BCUT2D eigenvalue weighted by molar-refractivity contribution is 0.102. The number of piperazine rings is 1. The zero-order valence-electron chi connectivity index (χ0n) is 15.8. The Labute approximate surface area is 167 Å². The third-order valence-corrected chi connectivity index (χ3v) is 5.68. The SMILES string of the molecule is COc1cccc(NC(=O)c2cccn2-c2nnc(N3CCN(C)CC3)s2)c1. The first-order valence-corrected chi connectivity index (χ1v) is 9.86. The molecule has 1 fully saturated rings. The summed E-state index contributed by atoms with van der Waals surface area (Å²) < 4.78 is 6.98. The molecule has 1 N–H and O–H groups in total. The molecule has 0 aliphatic carbocycles. The third-order valence-electron chi connectivity index (χ3n) is 4.69. The Kier molecular flexibility index (Phi) is 5.27. The highest BCUT2D eigenvalue weighted by atomic mass is 32.1. The highest BCUT2D eigenvalue weighted by Crippen LogP contribution is 2.26. The molecular weight excluding hydrogens is 376 g/mol. The van der Waals surface area contributed by atoms with Gasteiger partial charge in [-0.05, 0) is 31.3 Å². The first kappa shape index (κ1) is 18.5. The molecule has 28 heavy (non-hydrogen) atoms. The lowest BCUT2D eigenvalue weighted by Crippen LogP contribution is -2.44. The van der Waals surface area contributed by atoms with E-state index in [1.165, 1.54) is 11.3 Å². The molecule has 1 aliphatic heterocycles. The smallest absolute Gasteiger partial charge is 0.272 e. The molecule has 1 aromatic carbocycles. The average Bonchev–Trinajstić information content (AvgIpc) is 3.38. The van der Waals surface area contributed by atoms with Crippen LogP contribution >= 0.6 is 11.3 Å². The van der Waals surface area contributed by atoms with E-state index in [9.17, 15) is 4.79 Å². The molecule has 4 rings (SSSR count). The second kappa shape index (κ2) is 7.99. The molecule has 0 radical (unpaired) electrons. The number of hydrogen-bond donors (Lipinski definition) is 1. The van der Waals surface area contributed by atoms with E-state index >= 15 is 0 Å². The van der Waals surface area contributed by atoms with Gasteiger partial charge in [-0.15, -0.1) is 10.2 Å². The van der Waals surface area contributed by atoms with Gasteiger partial charge in [0.15, 0.2) is 0 Å². The number of benzene rings is 1. The van der Waals surface area contributed by atoms with Gasteiger partial charge < -0.3 is 19.9 Å². The maximum atomic E-state index is 12.8. The second-order valence-corrected chi connectivity index (χ2v) is 7.54. The third kappa shape index (κ3) is 3.85. The molecule has 2 aromatic heterocycles. The zero-order chi connectivity index (χ0) is 19.5. The number of aromatic nitrogens is 3. The first-order valence-electron chi connectivity index (χ1n) is 9.04. The van der Waals surface area contributed by atoms with Gasteiger partial charge in [-0.1, -0.05) is 17.4 Å². The molecule has 1 saturated heterocycles. The maximum Gasteiger partial charge on any atom is 0.272 e. The molecule has 0 spiro atoms. The summed E-state index contributed by atoms with van der Waals surface area (Å²) in [6.45, 7) is 3.87. The molecule has 1 amide bonds. The van der Waals surface area contributed by atoms with Crippen LogP contribution in [0.1, 0.15) is 10.5 Å². The van der Waals surface area contributed by atoms with Crippen molar-refractivity contribution in [1.82, 2.24) is 19.7 Å². The van der Waals surface area contributed by atoms with Crippen LogP contribution in [0.5, 0.6) is 5.75 Å². The van der Waals surface area contributed by atoms with Crippen molar-refractivity contribution in [2.45, 2.75) is 0 Å². The maximum absolute atomic E-state index is 12.8. The van der Waals surface area contributed by atoms with Crippen molar-refractivity contribution in [1.29, 1.82) is 0 Å². The molecule has 0 saturated carbocycles. The Morgan fingerprint density at radius 1 is 1.11 bits per heavy atom. The molecule has 3 heterocycles. The molecule has 0 atom stereocenters. The number of methoxy groups -OCH3 is 1. The minimum absolute atomic E-state index is 0.213. The van der Waals surface area contributed by atoms with E-state index in [2.05, 4.69) is 32.4 Å². The Morgan fingerprint density at radius 2 is 1.89 bits per heavy atom. The lowest BCUT2D eigenvalue weighted by Gasteiger charge is -2.31. The first-order chi connectivity index (χ1) is 13.6. The van der Waals surface area contributed by atoms with Crippen molar-refractivity contribution in [3.05, 3.63) is 48.3 Å². The number of nitrogens with zero attached hydrogens (tertiary/aromatic N) is 5. The van der Waals surface area contributed by atoms with Crippen molar-refractivity contribution < 1.29 is 9.53 Å². The van der Waals surface area contributed by atoms with Crippen molar-refractivity contribution in [3.63, 3.8) is 0 Å². The van der Waals surface area contributed by atoms with Crippen LogP contribution in [0.4, 0.5) is 10.8 Å². The minimum Gasteiger partial charge on any atom is -0.497 e. The van der Waals surface area contributed by atoms with E-state index in [4.69, 9.17) is 4.74 Å². The predicted octanol–water partition coefficient (Wildman–Crippen LogP) is 2.34. The molecule has 146 valence electrons. The molecule has 1 aliphatic rings. The normalized spacial score (nSPS) is 14.9. The Morgan fingerprint density at radius 3 is 2.68 bits per heavy atom. The van der Waals surface area contributed by atoms with E-state index in [0.29, 0.717) is 22.3 Å². The molecule has 0 bridgehead atoms. The zero-order valence-corrected chi connectivity index (χ0v) is 16.6. The van der Waals surface area contributed by atoms with Crippen LogP contribution in [0.25, 0.3) is 5.13 Å². The van der Waals surface area contributed by atoms with Gasteiger partial charge in [0.25, 0.3) is 5.91 Å². The van der Waals surface area contributed by atoms with Crippen LogP contribution in [0.15, 0.2) is 42.6 Å². The van der Waals surface area contributed by atoms with Gasteiger partial charge in [0.1, 0.15) is 11.4 Å². The van der Waals surface area contributed by atoms with Crippen molar-refractivity contribution in [2.24, 2.45) is 0 Å². The van der Waals surface area contributed by atoms with E-state index < -0.39 is 0 Å². The lowest BCUT2D eigenvalue weighted by atomic mass is 10.3. The van der Waals surface area contributed by atoms with E-state index in [-0.39, 0.29) is 5.91 Å². The average molecular weight is 398 g/mol. The van der Waals surface area contributed by atoms with Crippen molar-refractivity contribution >= 4 is 28.1 Å². The Balaban J connectivity index is 1.52. The van der Waals surface area contributed by atoms with Crippen LogP contribution in [0, 0.1) is 0 Å². The summed E-state index contributed by atoms with van der Waals surface area (Å²) in [6, 6.07) is 10.9. The van der Waals surface area contributed by atoms with Gasteiger partial charge in [0.05, 0.1) is 7.11 Å². The van der Waals surface area contributed by atoms with E-state index in [1.807, 2.05) is 30.5 Å². The fourth-order valence-corrected chi connectivity index (χ4v) is 3.96. The summed E-state index contributed by atoms with van der Waals surface area (Å²) in [5.74, 6) is 0.476. The molecule has 9 heteroatoms. The van der Waals surface area contributed by atoms with Gasteiger partial charge in [0, 0.05) is 44.1 Å². The highest BCUT2D eigenvalue weighted by molar-refractivity contribution is 7.17. The fraction of sp³-hybridized carbons (Fsp3) is 0.316. The monoisotopic (exact) mass is 398 g/mol. The number of rotatable bonds is 5. The minimum atomic E-state index is -0.213. The Hall–Kier alpha value is -2.91. The topological polar surface area (TPSA) is 75.5 Å². The van der Waals surface area contributed by atoms with Gasteiger partial charge in [-0.2, -0.15) is 0 Å². The van der Waals surface area contributed by atoms with Gasteiger partial charge >= 0.3 is 0 Å². The molecule has 0 unspecified atom stereocenters. The van der Waals surface area contributed by atoms with E-state index in [0.717, 1.165) is 31.3 Å². The highest BCUT2D eigenvalue weighted by Gasteiger charge is 2.20. The summed E-state index contributed by atoms with van der Waals surface area (Å²) in [5.41, 5.74) is 1.18. The number of carbonyl (C=O) groups excluding carboxylic acids is 1. The fourth-order valence-electron chi connectivity index (χ4n) is 3.06. The van der Waals surface area contributed by atoms with Crippen LogP contribution in [0.2, 0.25) is 0 Å². The number of amides is 1. The van der Waals surface area contributed by atoms with Crippen LogP contribution in [0.3, 0.4) is 0 Å². The number of anilines is 2. The van der Waals surface area contributed by atoms with Gasteiger partial charge in [0.2, 0.25) is 10.3 Å². The van der Waals surface area contributed by atoms with Crippen LogP contribution in [-0.4, -0.2) is 65.9 Å². The second-order valence-electron chi connectivity index (χ2n) is 6.61. The number of carbonyl (C=O) groups is 1. The summed E-state index contributed by atoms with van der Waals surface area (Å²) >= 11 is 1.49. The molecule has 8 nitrogen and oxygen atoms in total.